The number of pyridine rings is 1. The topological polar surface area (TPSA) is 94.2 Å². The minimum absolute atomic E-state index is 0.0789. The van der Waals surface area contributed by atoms with Gasteiger partial charge in [-0.25, -0.2) is 15.0 Å². The number of nitrogen functional groups attached to an aromatic ring is 1. The Hall–Kier alpha value is -3.19. The maximum Gasteiger partial charge on any atom is 0.226 e. The summed E-state index contributed by atoms with van der Waals surface area (Å²) >= 11 is 5.87. The molecular formula is C22H22ClN5O2. The molecule has 1 aliphatic rings. The number of carbonyl (C=O) groups is 1. The molecule has 1 fully saturated rings. The monoisotopic (exact) mass is 423 g/mol. The highest BCUT2D eigenvalue weighted by atomic mass is 35.5. The fraction of sp³-hybridized carbons (Fsp3) is 0.273. The Morgan fingerprint density at radius 1 is 1.23 bits per heavy atom. The molecular weight excluding hydrogens is 402 g/mol. The molecule has 7 nitrogen and oxygen atoms in total. The number of carbonyl (C=O) groups excluding carboxylic acids is 1. The lowest BCUT2D eigenvalue weighted by Gasteiger charge is -2.18. The van der Waals surface area contributed by atoms with Gasteiger partial charge in [0.15, 0.2) is 0 Å². The largest absolute Gasteiger partial charge is 0.493 e. The molecule has 0 bridgehead atoms. The van der Waals surface area contributed by atoms with E-state index in [-0.39, 0.29) is 11.8 Å². The third-order valence-corrected chi connectivity index (χ3v) is 5.41. The first-order chi connectivity index (χ1) is 14.6. The Morgan fingerprint density at radius 3 is 2.87 bits per heavy atom. The van der Waals surface area contributed by atoms with E-state index in [1.807, 2.05) is 17.0 Å². The quantitative estimate of drug-likeness (QED) is 0.651. The zero-order chi connectivity index (χ0) is 20.9. The minimum Gasteiger partial charge on any atom is -0.493 e. The van der Waals surface area contributed by atoms with Gasteiger partial charge in [-0.15, -0.1) is 0 Å². The van der Waals surface area contributed by atoms with E-state index in [2.05, 4.69) is 15.0 Å². The van der Waals surface area contributed by atoms with Gasteiger partial charge in [0.05, 0.1) is 18.7 Å². The van der Waals surface area contributed by atoms with Gasteiger partial charge in [0.2, 0.25) is 5.91 Å². The average Bonchev–Trinajstić information content (AvgIpc) is 3.25. The van der Waals surface area contributed by atoms with Gasteiger partial charge in [0.1, 0.15) is 17.9 Å². The third-order valence-electron chi connectivity index (χ3n) is 5.16. The van der Waals surface area contributed by atoms with Crippen LogP contribution in [0.5, 0.6) is 5.75 Å². The summed E-state index contributed by atoms with van der Waals surface area (Å²) < 4.78 is 5.65. The SMILES string of the molecule is Nc1cc(-c2cncnc2C2CCN(C(=O)CCOc3ccc(Cl)cc3)C2)ccn1. The second-order valence-corrected chi connectivity index (χ2v) is 7.61. The van der Waals surface area contributed by atoms with Gasteiger partial charge in [-0.1, -0.05) is 11.6 Å². The molecule has 4 rings (SSSR count). The molecule has 1 unspecified atom stereocenters. The van der Waals surface area contributed by atoms with E-state index in [0.717, 1.165) is 23.2 Å². The number of amides is 1. The van der Waals surface area contributed by atoms with E-state index in [9.17, 15) is 4.79 Å². The molecule has 1 saturated heterocycles. The molecule has 30 heavy (non-hydrogen) atoms. The Morgan fingerprint density at radius 2 is 2.07 bits per heavy atom. The molecule has 0 saturated carbocycles. The van der Waals surface area contributed by atoms with Gasteiger partial charge in [0.25, 0.3) is 0 Å². The predicted octanol–water partition coefficient (Wildman–Crippen LogP) is 3.56. The van der Waals surface area contributed by atoms with Crippen LogP contribution in [0.4, 0.5) is 5.82 Å². The lowest BCUT2D eigenvalue weighted by molar-refractivity contribution is -0.130. The number of nitrogens with zero attached hydrogens (tertiary/aromatic N) is 4. The van der Waals surface area contributed by atoms with Gasteiger partial charge in [0, 0.05) is 42.0 Å². The van der Waals surface area contributed by atoms with Gasteiger partial charge >= 0.3 is 0 Å². The maximum atomic E-state index is 12.6. The molecule has 1 amide bonds. The molecule has 0 radical (unpaired) electrons. The Kier molecular flexibility index (Phi) is 6.09. The van der Waals surface area contributed by atoms with Gasteiger partial charge in [-0.3, -0.25) is 4.79 Å². The average molecular weight is 424 g/mol. The number of hydrogen-bond donors (Lipinski definition) is 1. The van der Waals surface area contributed by atoms with E-state index >= 15 is 0 Å². The number of aromatic nitrogens is 3. The molecule has 1 atom stereocenters. The van der Waals surface area contributed by atoms with E-state index in [1.54, 1.807) is 43.0 Å². The van der Waals surface area contributed by atoms with Crippen LogP contribution in [-0.2, 0) is 4.79 Å². The highest BCUT2D eigenvalue weighted by molar-refractivity contribution is 6.30. The number of ether oxygens (including phenoxy) is 1. The number of benzene rings is 1. The van der Waals surface area contributed by atoms with E-state index in [1.165, 1.54) is 0 Å². The van der Waals surface area contributed by atoms with Crippen molar-refractivity contribution < 1.29 is 9.53 Å². The molecule has 1 aromatic carbocycles. The number of nitrogens with two attached hydrogens (primary N) is 1. The molecule has 154 valence electrons. The first kappa shape index (κ1) is 20.1. The van der Waals surface area contributed by atoms with Crippen LogP contribution in [0, 0.1) is 0 Å². The lowest BCUT2D eigenvalue weighted by Crippen LogP contribution is -2.29. The fourth-order valence-corrected chi connectivity index (χ4v) is 3.78. The second-order valence-electron chi connectivity index (χ2n) is 7.17. The number of likely N-dealkylation sites (tertiary alicyclic amines) is 1. The van der Waals surface area contributed by atoms with Crippen LogP contribution in [0.3, 0.4) is 0 Å². The van der Waals surface area contributed by atoms with Crippen molar-refractivity contribution in [3.05, 3.63) is 65.8 Å². The van der Waals surface area contributed by atoms with Crippen LogP contribution in [0.2, 0.25) is 5.02 Å². The smallest absolute Gasteiger partial charge is 0.226 e. The molecule has 0 spiro atoms. The summed E-state index contributed by atoms with van der Waals surface area (Å²) in [6.07, 6.45) is 6.20. The Balaban J connectivity index is 1.37. The van der Waals surface area contributed by atoms with Crippen molar-refractivity contribution >= 4 is 23.3 Å². The highest BCUT2D eigenvalue weighted by Gasteiger charge is 2.29. The van der Waals surface area contributed by atoms with Crippen LogP contribution in [0.25, 0.3) is 11.1 Å². The molecule has 8 heteroatoms. The maximum absolute atomic E-state index is 12.6. The van der Waals surface area contributed by atoms with E-state index in [0.29, 0.717) is 42.7 Å². The molecule has 2 aromatic heterocycles. The normalized spacial score (nSPS) is 15.9. The minimum atomic E-state index is 0.0789. The van der Waals surface area contributed by atoms with Gasteiger partial charge in [-0.05, 0) is 48.4 Å². The second kappa shape index (κ2) is 9.09. The van der Waals surface area contributed by atoms with Crippen LogP contribution in [0.15, 0.2) is 55.1 Å². The van der Waals surface area contributed by atoms with Crippen LogP contribution < -0.4 is 10.5 Å². The zero-order valence-electron chi connectivity index (χ0n) is 16.4. The summed E-state index contributed by atoms with van der Waals surface area (Å²) in [5, 5.41) is 0.653. The molecule has 0 aliphatic carbocycles. The number of anilines is 1. The Labute approximate surface area is 179 Å². The van der Waals surface area contributed by atoms with Crippen molar-refractivity contribution in [3.63, 3.8) is 0 Å². The van der Waals surface area contributed by atoms with E-state index < -0.39 is 0 Å². The third kappa shape index (κ3) is 4.68. The number of hydrogen-bond acceptors (Lipinski definition) is 6. The summed E-state index contributed by atoms with van der Waals surface area (Å²) in [6.45, 7) is 1.66. The standard InChI is InChI=1S/C22H22ClN5O2/c23-17-1-3-18(4-2-17)30-10-7-21(29)28-9-6-16(13-28)22-19(12-25-14-27-22)15-5-8-26-20(24)11-15/h1-5,8,11-12,14,16H,6-7,9-10,13H2,(H2,24,26). The van der Waals surface area contributed by atoms with Crippen LogP contribution >= 0.6 is 11.6 Å². The zero-order valence-corrected chi connectivity index (χ0v) is 17.1. The van der Waals surface area contributed by atoms with Gasteiger partial charge < -0.3 is 15.4 Å². The number of halogens is 1. The first-order valence-electron chi connectivity index (χ1n) is 9.78. The molecule has 3 heterocycles. The Bertz CT molecular complexity index is 1030. The van der Waals surface area contributed by atoms with Crippen molar-refractivity contribution in [3.8, 4) is 16.9 Å². The summed E-state index contributed by atoms with van der Waals surface area (Å²) in [4.78, 5) is 27.3. The van der Waals surface area contributed by atoms with Crippen molar-refractivity contribution in [2.45, 2.75) is 18.8 Å². The fourth-order valence-electron chi connectivity index (χ4n) is 3.66. The molecule has 2 N–H and O–H groups in total. The van der Waals surface area contributed by atoms with Gasteiger partial charge in [-0.2, -0.15) is 0 Å². The summed E-state index contributed by atoms with van der Waals surface area (Å²) in [5.41, 5.74) is 8.63. The van der Waals surface area contributed by atoms with E-state index in [4.69, 9.17) is 22.1 Å². The van der Waals surface area contributed by atoms with Crippen molar-refractivity contribution in [1.29, 1.82) is 0 Å². The van der Waals surface area contributed by atoms with Crippen molar-refractivity contribution in [2.24, 2.45) is 0 Å². The summed E-state index contributed by atoms with van der Waals surface area (Å²) in [5.74, 6) is 1.38. The predicted molar refractivity (Wildman–Crippen MR) is 115 cm³/mol. The molecule has 1 aliphatic heterocycles. The molecule has 3 aromatic rings. The highest BCUT2D eigenvalue weighted by Crippen LogP contribution is 2.33. The summed E-state index contributed by atoms with van der Waals surface area (Å²) in [7, 11) is 0. The van der Waals surface area contributed by atoms with Crippen LogP contribution in [-0.4, -0.2) is 45.5 Å². The van der Waals surface area contributed by atoms with Crippen molar-refractivity contribution in [2.75, 3.05) is 25.4 Å². The van der Waals surface area contributed by atoms with Crippen LogP contribution in [0.1, 0.15) is 24.5 Å². The lowest BCUT2D eigenvalue weighted by atomic mass is 9.96. The van der Waals surface area contributed by atoms with Crippen molar-refractivity contribution in [1.82, 2.24) is 19.9 Å². The summed E-state index contributed by atoms with van der Waals surface area (Å²) in [6, 6.07) is 10.8. The first-order valence-corrected chi connectivity index (χ1v) is 10.2. The number of rotatable bonds is 6.